The van der Waals surface area contributed by atoms with E-state index in [-0.39, 0.29) is 4.90 Å². The van der Waals surface area contributed by atoms with Gasteiger partial charge < -0.3 is 4.74 Å². The maximum Gasteiger partial charge on any atom is 0.416 e. The van der Waals surface area contributed by atoms with E-state index < -0.39 is 22.4 Å². The number of rotatable bonds is 7. The molecule has 1 aromatic heterocycles. The van der Waals surface area contributed by atoms with Crippen LogP contribution in [-0.2, 0) is 17.5 Å². The van der Waals surface area contributed by atoms with Crippen LogP contribution in [-0.4, -0.2) is 33.4 Å². The highest BCUT2D eigenvalue weighted by atomic mass is 32.2. The van der Waals surface area contributed by atoms with E-state index in [1.165, 1.54) is 7.11 Å². The molecule has 3 rings (SSSR count). The van der Waals surface area contributed by atoms with Gasteiger partial charge in [0.25, 0.3) is 5.69 Å². The number of nitro groups is 1. The van der Waals surface area contributed by atoms with Crippen LogP contribution < -0.4 is 0 Å². The summed E-state index contributed by atoms with van der Waals surface area (Å²) in [6.07, 6.45) is -4.67. The summed E-state index contributed by atoms with van der Waals surface area (Å²) >= 11 is 0.879. The quantitative estimate of drug-likeness (QED) is 0.405. The van der Waals surface area contributed by atoms with Crippen molar-refractivity contribution in [1.29, 1.82) is 0 Å². The van der Waals surface area contributed by atoms with Crippen molar-refractivity contribution in [1.82, 2.24) is 14.8 Å². The molecule has 0 unspecified atom stereocenters. The molecule has 0 saturated carbocycles. The first-order valence-electron chi connectivity index (χ1n) is 8.32. The van der Waals surface area contributed by atoms with E-state index in [2.05, 4.69) is 10.2 Å². The summed E-state index contributed by atoms with van der Waals surface area (Å²) < 4.78 is 45.6. The number of methoxy groups -OCH3 is 1. The van der Waals surface area contributed by atoms with Crippen LogP contribution in [0, 0.1) is 10.1 Å². The number of hydrogen-bond donors (Lipinski definition) is 0. The first-order chi connectivity index (χ1) is 13.8. The second-order valence-corrected chi connectivity index (χ2v) is 6.87. The van der Waals surface area contributed by atoms with E-state index in [0.29, 0.717) is 30.2 Å². The van der Waals surface area contributed by atoms with Crippen LogP contribution in [0.2, 0.25) is 0 Å². The molecule has 3 aromatic rings. The predicted molar refractivity (Wildman–Crippen MR) is 99.6 cm³/mol. The summed E-state index contributed by atoms with van der Waals surface area (Å²) in [4.78, 5) is 10.5. The highest BCUT2D eigenvalue weighted by Crippen LogP contribution is 2.39. The summed E-state index contributed by atoms with van der Waals surface area (Å²) in [5, 5.41) is 19.9. The van der Waals surface area contributed by atoms with E-state index in [1.54, 1.807) is 4.57 Å². The van der Waals surface area contributed by atoms with E-state index in [1.807, 2.05) is 30.3 Å². The number of benzene rings is 2. The molecule has 2 aromatic carbocycles. The molecule has 152 valence electrons. The number of hydrogen-bond acceptors (Lipinski definition) is 6. The normalized spacial score (nSPS) is 11.6. The van der Waals surface area contributed by atoms with Crippen molar-refractivity contribution < 1.29 is 22.8 Å². The molecule has 0 N–H and O–H groups in total. The summed E-state index contributed by atoms with van der Waals surface area (Å²) in [5.41, 5.74) is -0.948. The van der Waals surface area contributed by atoms with Crippen molar-refractivity contribution in [2.24, 2.45) is 0 Å². The zero-order chi connectivity index (χ0) is 21.0. The first kappa shape index (κ1) is 20.8. The molecular weight excluding hydrogens is 409 g/mol. The van der Waals surface area contributed by atoms with Crippen LogP contribution >= 0.6 is 11.8 Å². The van der Waals surface area contributed by atoms with Gasteiger partial charge in [0, 0.05) is 18.7 Å². The molecule has 0 amide bonds. The van der Waals surface area contributed by atoms with Gasteiger partial charge in [-0.1, -0.05) is 30.3 Å². The second-order valence-electron chi connectivity index (χ2n) is 5.86. The maximum absolute atomic E-state index is 12.9. The fourth-order valence-corrected chi connectivity index (χ4v) is 3.51. The molecule has 0 aliphatic rings. The monoisotopic (exact) mass is 424 g/mol. The molecule has 0 fully saturated rings. The molecule has 7 nitrogen and oxygen atoms in total. The second kappa shape index (κ2) is 8.62. The topological polar surface area (TPSA) is 83.1 Å². The van der Waals surface area contributed by atoms with Gasteiger partial charge in [0.05, 0.1) is 28.5 Å². The molecule has 1 heterocycles. The molecule has 0 aliphatic heterocycles. The minimum atomic E-state index is -4.67. The van der Waals surface area contributed by atoms with Crippen molar-refractivity contribution in [2.45, 2.75) is 22.8 Å². The Morgan fingerprint density at radius 2 is 1.90 bits per heavy atom. The fourth-order valence-electron chi connectivity index (χ4n) is 2.57. The minimum Gasteiger partial charge on any atom is -0.383 e. The van der Waals surface area contributed by atoms with E-state index in [0.717, 1.165) is 29.5 Å². The zero-order valence-corrected chi connectivity index (χ0v) is 15.9. The Morgan fingerprint density at radius 1 is 1.17 bits per heavy atom. The zero-order valence-electron chi connectivity index (χ0n) is 15.1. The van der Waals surface area contributed by atoms with Crippen molar-refractivity contribution in [3.8, 4) is 11.4 Å². The molecule has 0 spiro atoms. The third kappa shape index (κ3) is 4.74. The van der Waals surface area contributed by atoms with Crippen LogP contribution in [0.4, 0.5) is 18.9 Å². The van der Waals surface area contributed by atoms with Gasteiger partial charge in [-0.15, -0.1) is 10.2 Å². The Bertz CT molecular complexity index is 1010. The Kier molecular flexibility index (Phi) is 6.18. The van der Waals surface area contributed by atoms with Gasteiger partial charge in [-0.25, -0.2) is 0 Å². The molecule has 0 saturated heterocycles. The average molecular weight is 424 g/mol. The standard InChI is InChI=1S/C18H15F3N4O3S/c1-28-10-9-24-16(12-5-3-2-4-6-12)22-23-17(24)29-15-8-7-13(18(19,20)21)11-14(15)25(26)27/h2-8,11H,9-10H2,1H3. The maximum atomic E-state index is 12.9. The molecule has 0 atom stereocenters. The van der Waals surface area contributed by atoms with Crippen molar-refractivity contribution in [2.75, 3.05) is 13.7 Å². The number of halogens is 3. The number of nitro benzene ring substituents is 1. The van der Waals surface area contributed by atoms with Crippen LogP contribution in [0.15, 0.2) is 58.6 Å². The first-order valence-corrected chi connectivity index (χ1v) is 9.14. The molecule has 0 bridgehead atoms. The summed E-state index contributed by atoms with van der Waals surface area (Å²) in [6.45, 7) is 0.699. The number of ether oxygens (including phenoxy) is 1. The highest BCUT2D eigenvalue weighted by molar-refractivity contribution is 7.99. The third-order valence-corrected chi connectivity index (χ3v) is 5.00. The molecule has 0 aliphatic carbocycles. The van der Waals surface area contributed by atoms with Gasteiger partial charge in [0.2, 0.25) is 0 Å². The highest BCUT2D eigenvalue weighted by Gasteiger charge is 2.33. The predicted octanol–water partition coefficient (Wildman–Crippen LogP) is 4.67. The van der Waals surface area contributed by atoms with Crippen LogP contribution in [0.3, 0.4) is 0 Å². The minimum absolute atomic E-state index is 0.0358. The molecule has 11 heteroatoms. The lowest BCUT2D eigenvalue weighted by atomic mass is 10.2. The summed E-state index contributed by atoms with van der Waals surface area (Å²) in [5.74, 6) is 0.528. The van der Waals surface area contributed by atoms with Gasteiger partial charge in [-0.3, -0.25) is 14.7 Å². The Morgan fingerprint density at radius 3 is 2.52 bits per heavy atom. The van der Waals surface area contributed by atoms with E-state index in [4.69, 9.17) is 4.74 Å². The summed E-state index contributed by atoms with van der Waals surface area (Å²) in [6, 6.07) is 11.6. The number of nitrogens with zero attached hydrogens (tertiary/aromatic N) is 4. The van der Waals surface area contributed by atoms with Crippen molar-refractivity contribution >= 4 is 17.4 Å². The lowest BCUT2D eigenvalue weighted by Crippen LogP contribution is -2.08. The van der Waals surface area contributed by atoms with Crippen LogP contribution in [0.5, 0.6) is 0 Å². The average Bonchev–Trinajstić information content (AvgIpc) is 3.08. The van der Waals surface area contributed by atoms with Gasteiger partial charge in [-0.05, 0) is 23.9 Å². The van der Waals surface area contributed by atoms with Gasteiger partial charge in [0.15, 0.2) is 11.0 Å². The lowest BCUT2D eigenvalue weighted by Gasteiger charge is -2.11. The fraction of sp³-hybridized carbons (Fsp3) is 0.222. The Hall–Kier alpha value is -2.92. The smallest absolute Gasteiger partial charge is 0.383 e. The Labute approximate surface area is 167 Å². The molecule has 0 radical (unpaired) electrons. The number of alkyl halides is 3. The third-order valence-electron chi connectivity index (χ3n) is 3.95. The SMILES string of the molecule is COCCn1c(Sc2ccc(C(F)(F)F)cc2[N+](=O)[O-])nnc1-c1ccccc1. The summed E-state index contributed by atoms with van der Waals surface area (Å²) in [7, 11) is 1.53. The Balaban J connectivity index is 2.02. The van der Waals surface area contributed by atoms with Crippen molar-refractivity contribution in [3.05, 3.63) is 64.2 Å². The van der Waals surface area contributed by atoms with Gasteiger partial charge in [0.1, 0.15) is 0 Å². The van der Waals surface area contributed by atoms with E-state index >= 15 is 0 Å². The van der Waals surface area contributed by atoms with Gasteiger partial charge in [-0.2, -0.15) is 13.2 Å². The molecule has 29 heavy (non-hydrogen) atoms. The van der Waals surface area contributed by atoms with E-state index in [9.17, 15) is 23.3 Å². The molecular formula is C18H15F3N4O3S. The number of aromatic nitrogens is 3. The van der Waals surface area contributed by atoms with Crippen molar-refractivity contribution in [3.63, 3.8) is 0 Å². The lowest BCUT2D eigenvalue weighted by molar-refractivity contribution is -0.388. The van der Waals surface area contributed by atoms with Gasteiger partial charge >= 0.3 is 6.18 Å². The van der Waals surface area contributed by atoms with Crippen LogP contribution in [0.25, 0.3) is 11.4 Å². The largest absolute Gasteiger partial charge is 0.416 e. The van der Waals surface area contributed by atoms with Crippen LogP contribution in [0.1, 0.15) is 5.56 Å².